The first-order chi connectivity index (χ1) is 9.40. The molecule has 0 aliphatic rings. The van der Waals surface area contributed by atoms with Gasteiger partial charge < -0.3 is 10.1 Å². The van der Waals surface area contributed by atoms with Gasteiger partial charge >= 0.3 is 0 Å². The number of hydrogen-bond acceptors (Lipinski definition) is 2. The van der Waals surface area contributed by atoms with Gasteiger partial charge in [-0.05, 0) is 69.7 Å². The van der Waals surface area contributed by atoms with Gasteiger partial charge in [-0.2, -0.15) is 0 Å². The molecule has 0 bridgehead atoms. The Kier molecular flexibility index (Phi) is 8.72. The lowest BCUT2D eigenvalue weighted by Crippen LogP contribution is -2.30. The molecule has 0 saturated carbocycles. The highest BCUT2D eigenvalue weighted by Gasteiger charge is 2.08. The van der Waals surface area contributed by atoms with Crippen molar-refractivity contribution in [1.82, 2.24) is 5.32 Å². The molecule has 0 aromatic heterocycles. The van der Waals surface area contributed by atoms with Crippen molar-refractivity contribution in [3.63, 3.8) is 0 Å². The summed E-state index contributed by atoms with van der Waals surface area (Å²) in [7, 11) is 0. The van der Waals surface area contributed by atoms with E-state index in [0.717, 1.165) is 31.6 Å². The standard InChI is InChI=1S/C15H22Br3NO/c1-10(2)4-5-11(3)19-6-7-20-15-13(17)8-12(16)9-14(15)18/h8-11,19H,4-7H2,1-3H3. The Morgan fingerprint density at radius 2 is 1.65 bits per heavy atom. The molecule has 1 N–H and O–H groups in total. The van der Waals surface area contributed by atoms with E-state index in [0.29, 0.717) is 12.6 Å². The highest BCUT2D eigenvalue weighted by Crippen LogP contribution is 2.36. The predicted octanol–water partition coefficient (Wildman–Crippen LogP) is 5.77. The lowest BCUT2D eigenvalue weighted by molar-refractivity contribution is 0.299. The van der Waals surface area contributed by atoms with Crippen LogP contribution in [0.3, 0.4) is 0 Å². The van der Waals surface area contributed by atoms with E-state index in [-0.39, 0.29) is 0 Å². The molecule has 0 spiro atoms. The fourth-order valence-corrected chi connectivity index (χ4v) is 4.30. The third-order valence-electron chi connectivity index (χ3n) is 2.98. The van der Waals surface area contributed by atoms with E-state index in [9.17, 15) is 0 Å². The van der Waals surface area contributed by atoms with Gasteiger partial charge in [-0.15, -0.1) is 0 Å². The van der Waals surface area contributed by atoms with Crippen LogP contribution in [0.1, 0.15) is 33.6 Å². The molecule has 2 nitrogen and oxygen atoms in total. The SMILES string of the molecule is CC(C)CCC(C)NCCOc1c(Br)cc(Br)cc1Br. The van der Waals surface area contributed by atoms with Crippen LogP contribution in [0.2, 0.25) is 0 Å². The molecule has 0 aliphatic carbocycles. The molecule has 0 radical (unpaired) electrons. The largest absolute Gasteiger partial charge is 0.490 e. The summed E-state index contributed by atoms with van der Waals surface area (Å²) < 4.78 is 8.74. The molecule has 20 heavy (non-hydrogen) atoms. The quantitative estimate of drug-likeness (QED) is 0.486. The smallest absolute Gasteiger partial charge is 0.147 e. The van der Waals surface area contributed by atoms with Gasteiger partial charge in [-0.25, -0.2) is 0 Å². The summed E-state index contributed by atoms with van der Waals surface area (Å²) in [5.41, 5.74) is 0. The summed E-state index contributed by atoms with van der Waals surface area (Å²) in [6.07, 6.45) is 2.47. The van der Waals surface area contributed by atoms with Crippen LogP contribution >= 0.6 is 47.8 Å². The summed E-state index contributed by atoms with van der Waals surface area (Å²) in [6.45, 7) is 8.27. The Balaban J connectivity index is 2.31. The lowest BCUT2D eigenvalue weighted by Gasteiger charge is -2.16. The monoisotopic (exact) mass is 469 g/mol. The van der Waals surface area contributed by atoms with Gasteiger partial charge in [-0.3, -0.25) is 0 Å². The van der Waals surface area contributed by atoms with Gasteiger partial charge in [0.1, 0.15) is 12.4 Å². The average molecular weight is 472 g/mol. The number of benzene rings is 1. The highest BCUT2D eigenvalue weighted by molar-refractivity contribution is 9.11. The van der Waals surface area contributed by atoms with E-state index in [1.54, 1.807) is 0 Å². The number of ether oxygens (including phenoxy) is 1. The van der Waals surface area contributed by atoms with Gasteiger partial charge in [0.05, 0.1) is 8.95 Å². The molecular weight excluding hydrogens is 450 g/mol. The average Bonchev–Trinajstić information content (AvgIpc) is 2.34. The van der Waals surface area contributed by atoms with Crippen LogP contribution in [0.15, 0.2) is 25.6 Å². The van der Waals surface area contributed by atoms with Crippen molar-refractivity contribution in [2.45, 2.75) is 39.7 Å². The summed E-state index contributed by atoms with van der Waals surface area (Å²) >= 11 is 10.5. The first-order valence-corrected chi connectivity index (χ1v) is 9.28. The second kappa shape index (κ2) is 9.44. The molecule has 1 aromatic carbocycles. The molecule has 114 valence electrons. The minimum Gasteiger partial charge on any atom is -0.490 e. The summed E-state index contributed by atoms with van der Waals surface area (Å²) in [5, 5.41) is 3.49. The van der Waals surface area contributed by atoms with Crippen LogP contribution in [-0.2, 0) is 0 Å². The van der Waals surface area contributed by atoms with Crippen molar-refractivity contribution < 1.29 is 4.74 Å². The Labute approximate surface area is 147 Å². The van der Waals surface area contributed by atoms with E-state index >= 15 is 0 Å². The van der Waals surface area contributed by atoms with Crippen molar-refractivity contribution in [1.29, 1.82) is 0 Å². The zero-order chi connectivity index (χ0) is 15.1. The van der Waals surface area contributed by atoms with Crippen LogP contribution in [0.4, 0.5) is 0 Å². The zero-order valence-corrected chi connectivity index (χ0v) is 16.9. The van der Waals surface area contributed by atoms with E-state index < -0.39 is 0 Å². The summed E-state index contributed by atoms with van der Waals surface area (Å²) in [6, 6.07) is 4.51. The normalized spacial score (nSPS) is 12.8. The summed E-state index contributed by atoms with van der Waals surface area (Å²) in [5.74, 6) is 1.62. The molecule has 1 rings (SSSR count). The molecule has 0 aliphatic heterocycles. The molecular formula is C15H22Br3NO. The van der Waals surface area contributed by atoms with E-state index in [4.69, 9.17) is 4.74 Å². The third kappa shape index (κ3) is 6.92. The Morgan fingerprint density at radius 3 is 2.20 bits per heavy atom. The molecule has 1 atom stereocenters. The van der Waals surface area contributed by atoms with Gasteiger partial charge in [0.25, 0.3) is 0 Å². The first kappa shape index (κ1) is 18.5. The zero-order valence-electron chi connectivity index (χ0n) is 12.2. The molecule has 5 heteroatoms. The van der Waals surface area contributed by atoms with Crippen molar-refractivity contribution in [2.75, 3.05) is 13.2 Å². The predicted molar refractivity (Wildman–Crippen MR) is 96.6 cm³/mol. The van der Waals surface area contributed by atoms with Crippen molar-refractivity contribution in [2.24, 2.45) is 5.92 Å². The summed E-state index contributed by atoms with van der Waals surface area (Å²) in [4.78, 5) is 0. The molecule has 0 saturated heterocycles. The molecule has 0 amide bonds. The minimum atomic E-state index is 0.540. The van der Waals surface area contributed by atoms with E-state index in [1.165, 1.54) is 12.8 Å². The fourth-order valence-electron chi connectivity index (χ4n) is 1.81. The number of nitrogens with one attached hydrogen (secondary N) is 1. The van der Waals surface area contributed by atoms with E-state index in [1.807, 2.05) is 12.1 Å². The number of halogens is 3. The highest BCUT2D eigenvalue weighted by atomic mass is 79.9. The van der Waals surface area contributed by atoms with Gasteiger partial charge in [0.15, 0.2) is 0 Å². The maximum atomic E-state index is 5.82. The Hall–Kier alpha value is 0.420. The Bertz CT molecular complexity index is 401. The molecule has 1 unspecified atom stereocenters. The maximum Gasteiger partial charge on any atom is 0.147 e. The van der Waals surface area contributed by atoms with Crippen LogP contribution in [0.25, 0.3) is 0 Å². The minimum absolute atomic E-state index is 0.540. The lowest BCUT2D eigenvalue weighted by atomic mass is 10.0. The van der Waals surface area contributed by atoms with E-state index in [2.05, 4.69) is 73.9 Å². The number of hydrogen-bond donors (Lipinski definition) is 1. The van der Waals surface area contributed by atoms with Crippen molar-refractivity contribution >= 4 is 47.8 Å². The number of rotatable bonds is 8. The van der Waals surface area contributed by atoms with Gasteiger partial charge in [0, 0.05) is 17.1 Å². The molecule has 0 fully saturated rings. The van der Waals surface area contributed by atoms with Crippen molar-refractivity contribution in [3.05, 3.63) is 25.6 Å². The van der Waals surface area contributed by atoms with Crippen LogP contribution in [0, 0.1) is 5.92 Å². The molecule has 0 heterocycles. The van der Waals surface area contributed by atoms with Gasteiger partial charge in [-0.1, -0.05) is 29.8 Å². The van der Waals surface area contributed by atoms with Crippen molar-refractivity contribution in [3.8, 4) is 5.75 Å². The van der Waals surface area contributed by atoms with Crippen LogP contribution in [0.5, 0.6) is 5.75 Å². The van der Waals surface area contributed by atoms with Gasteiger partial charge in [0.2, 0.25) is 0 Å². The fraction of sp³-hybridized carbons (Fsp3) is 0.600. The van der Waals surface area contributed by atoms with Crippen LogP contribution in [-0.4, -0.2) is 19.2 Å². The Morgan fingerprint density at radius 1 is 1.05 bits per heavy atom. The second-order valence-corrected chi connectivity index (χ2v) is 8.00. The third-order valence-corrected chi connectivity index (χ3v) is 4.62. The molecule has 1 aromatic rings. The second-order valence-electron chi connectivity index (χ2n) is 5.37. The maximum absolute atomic E-state index is 5.82. The first-order valence-electron chi connectivity index (χ1n) is 6.91. The van der Waals surface area contributed by atoms with Crippen LogP contribution < -0.4 is 10.1 Å². The topological polar surface area (TPSA) is 21.3 Å².